The quantitative estimate of drug-likeness (QED) is 0.903. The van der Waals surface area contributed by atoms with Crippen molar-refractivity contribution in [1.29, 1.82) is 0 Å². The van der Waals surface area contributed by atoms with E-state index in [1.165, 1.54) is 4.90 Å². The maximum atomic E-state index is 12.3. The van der Waals surface area contributed by atoms with Gasteiger partial charge in [-0.1, -0.05) is 13.8 Å². The van der Waals surface area contributed by atoms with Crippen molar-refractivity contribution in [1.82, 2.24) is 9.97 Å². The van der Waals surface area contributed by atoms with E-state index < -0.39 is 12.6 Å². The molecule has 0 aromatic carbocycles. The average molecular weight is 290 g/mol. The van der Waals surface area contributed by atoms with Gasteiger partial charge in [0.2, 0.25) is 0 Å². The number of hydrogen-bond donors (Lipinski definition) is 1. The lowest BCUT2D eigenvalue weighted by molar-refractivity contribution is -0.132. The van der Waals surface area contributed by atoms with Gasteiger partial charge in [-0.05, 0) is 6.92 Å². The molecule has 20 heavy (non-hydrogen) atoms. The fraction of sp³-hybridized carbons (Fsp3) is 0.692. The van der Waals surface area contributed by atoms with E-state index in [2.05, 4.69) is 15.3 Å². The molecule has 0 saturated heterocycles. The molecule has 0 spiro atoms. The van der Waals surface area contributed by atoms with Gasteiger partial charge in [0.1, 0.15) is 17.5 Å². The predicted molar refractivity (Wildman–Crippen MR) is 74.3 cm³/mol. The van der Waals surface area contributed by atoms with Crippen molar-refractivity contribution >= 4 is 11.6 Å². The zero-order valence-electron chi connectivity index (χ0n) is 12.5. The number of rotatable bonds is 5. The number of aromatic nitrogens is 2. The Kier molecular flexibility index (Phi) is 5.19. The first-order valence-corrected chi connectivity index (χ1v) is 6.50. The molecule has 1 heterocycles. The minimum Gasteiger partial charge on any atom is -0.373 e. The van der Waals surface area contributed by atoms with Crippen LogP contribution in [-0.2, 0) is 0 Å². The van der Waals surface area contributed by atoms with Crippen molar-refractivity contribution in [3.8, 4) is 0 Å². The molecular formula is C13H21F3N4. The third kappa shape index (κ3) is 4.25. The van der Waals surface area contributed by atoms with Gasteiger partial charge < -0.3 is 10.2 Å². The summed E-state index contributed by atoms with van der Waals surface area (Å²) >= 11 is 0. The van der Waals surface area contributed by atoms with E-state index in [-0.39, 0.29) is 12.5 Å². The molecule has 1 aromatic rings. The summed E-state index contributed by atoms with van der Waals surface area (Å²) in [4.78, 5) is 10.3. The Bertz CT molecular complexity index is 458. The lowest BCUT2D eigenvalue weighted by Gasteiger charge is -2.23. The van der Waals surface area contributed by atoms with Gasteiger partial charge in [0.05, 0.1) is 6.42 Å². The fourth-order valence-corrected chi connectivity index (χ4v) is 1.80. The molecule has 0 fully saturated rings. The van der Waals surface area contributed by atoms with Crippen molar-refractivity contribution in [2.45, 2.75) is 39.3 Å². The van der Waals surface area contributed by atoms with Crippen molar-refractivity contribution in [3.05, 3.63) is 11.4 Å². The summed E-state index contributed by atoms with van der Waals surface area (Å²) in [5.74, 6) is 1.92. The molecular weight excluding hydrogens is 269 g/mol. The summed E-state index contributed by atoms with van der Waals surface area (Å²) in [5.41, 5.74) is 0.751. The molecule has 1 N–H and O–H groups in total. The second-order valence-electron chi connectivity index (χ2n) is 5.07. The van der Waals surface area contributed by atoms with E-state index in [1.807, 2.05) is 13.8 Å². The normalized spacial score (nSPS) is 11.8. The smallest absolute Gasteiger partial charge is 0.373 e. The first-order valence-electron chi connectivity index (χ1n) is 6.50. The minimum atomic E-state index is -4.16. The van der Waals surface area contributed by atoms with Crippen LogP contribution in [0.5, 0.6) is 0 Å². The largest absolute Gasteiger partial charge is 0.390 e. The van der Waals surface area contributed by atoms with Gasteiger partial charge in [0.15, 0.2) is 0 Å². The highest BCUT2D eigenvalue weighted by molar-refractivity contribution is 5.58. The van der Waals surface area contributed by atoms with Crippen LogP contribution in [0.1, 0.15) is 37.6 Å². The van der Waals surface area contributed by atoms with E-state index in [1.54, 1.807) is 21.0 Å². The summed E-state index contributed by atoms with van der Waals surface area (Å²) in [6, 6.07) is 0. The Morgan fingerprint density at radius 1 is 1.25 bits per heavy atom. The summed E-state index contributed by atoms with van der Waals surface area (Å²) in [5, 5.41) is 2.96. The number of anilines is 2. The third-order valence-electron chi connectivity index (χ3n) is 2.98. The maximum absolute atomic E-state index is 12.3. The monoisotopic (exact) mass is 290 g/mol. The van der Waals surface area contributed by atoms with Gasteiger partial charge >= 0.3 is 6.18 Å². The Morgan fingerprint density at radius 3 is 2.30 bits per heavy atom. The molecule has 0 atom stereocenters. The number of alkyl halides is 3. The standard InChI is InChI=1S/C13H21F3N4/c1-8(2)10-18-11(17-4)9(3)12(19-10)20(5)7-6-13(14,15)16/h8H,6-7H2,1-5H3,(H,17,18,19). The van der Waals surface area contributed by atoms with Gasteiger partial charge in [-0.15, -0.1) is 0 Å². The fourth-order valence-electron chi connectivity index (χ4n) is 1.80. The number of halogens is 3. The SMILES string of the molecule is CNc1nc(C(C)C)nc(N(C)CCC(F)(F)F)c1C. The highest BCUT2D eigenvalue weighted by Crippen LogP contribution is 2.27. The first-order chi connectivity index (χ1) is 9.15. The van der Waals surface area contributed by atoms with Crippen molar-refractivity contribution in [2.24, 2.45) is 0 Å². The second-order valence-corrected chi connectivity index (χ2v) is 5.07. The molecule has 4 nitrogen and oxygen atoms in total. The topological polar surface area (TPSA) is 41.1 Å². The molecule has 0 unspecified atom stereocenters. The van der Waals surface area contributed by atoms with Gasteiger partial charge in [-0.2, -0.15) is 13.2 Å². The first kappa shape index (κ1) is 16.5. The van der Waals surface area contributed by atoms with Crippen LogP contribution in [0.15, 0.2) is 0 Å². The van der Waals surface area contributed by atoms with Crippen LogP contribution in [0, 0.1) is 6.92 Å². The van der Waals surface area contributed by atoms with Crippen LogP contribution in [0.2, 0.25) is 0 Å². The molecule has 114 valence electrons. The summed E-state index contributed by atoms with van der Waals surface area (Å²) in [6.45, 7) is 5.57. The molecule has 0 radical (unpaired) electrons. The summed E-state index contributed by atoms with van der Waals surface area (Å²) in [6.07, 6.45) is -5.03. The van der Waals surface area contributed by atoms with E-state index in [9.17, 15) is 13.2 Å². The number of nitrogens with one attached hydrogen (secondary N) is 1. The number of nitrogens with zero attached hydrogens (tertiary/aromatic N) is 3. The molecule has 0 aliphatic heterocycles. The molecule has 1 aromatic heterocycles. The lowest BCUT2D eigenvalue weighted by atomic mass is 10.2. The van der Waals surface area contributed by atoms with Crippen molar-refractivity contribution in [2.75, 3.05) is 30.9 Å². The van der Waals surface area contributed by atoms with Crippen molar-refractivity contribution < 1.29 is 13.2 Å². The predicted octanol–water partition coefficient (Wildman–Crippen LogP) is 3.34. The Hall–Kier alpha value is -1.53. The van der Waals surface area contributed by atoms with Gasteiger partial charge in [-0.3, -0.25) is 0 Å². The molecule has 0 amide bonds. The zero-order chi connectivity index (χ0) is 15.5. The van der Waals surface area contributed by atoms with E-state index >= 15 is 0 Å². The van der Waals surface area contributed by atoms with Crippen LogP contribution in [-0.4, -0.2) is 36.8 Å². The van der Waals surface area contributed by atoms with Crippen LogP contribution in [0.3, 0.4) is 0 Å². The third-order valence-corrected chi connectivity index (χ3v) is 2.98. The molecule has 1 rings (SSSR count). The van der Waals surface area contributed by atoms with Crippen molar-refractivity contribution in [3.63, 3.8) is 0 Å². The molecule has 0 saturated carbocycles. The second kappa shape index (κ2) is 6.28. The van der Waals surface area contributed by atoms with Gasteiger partial charge in [-0.25, -0.2) is 9.97 Å². The Morgan fingerprint density at radius 2 is 1.85 bits per heavy atom. The Balaban J connectivity index is 3.06. The van der Waals surface area contributed by atoms with E-state index in [4.69, 9.17) is 0 Å². The van der Waals surface area contributed by atoms with Crippen LogP contribution < -0.4 is 10.2 Å². The molecule has 0 bridgehead atoms. The highest BCUT2D eigenvalue weighted by atomic mass is 19.4. The van der Waals surface area contributed by atoms with Crippen LogP contribution in [0.25, 0.3) is 0 Å². The minimum absolute atomic E-state index is 0.109. The maximum Gasteiger partial charge on any atom is 0.390 e. The summed E-state index contributed by atoms with van der Waals surface area (Å²) in [7, 11) is 3.35. The van der Waals surface area contributed by atoms with Crippen LogP contribution >= 0.6 is 0 Å². The lowest BCUT2D eigenvalue weighted by Crippen LogP contribution is -2.26. The highest BCUT2D eigenvalue weighted by Gasteiger charge is 2.28. The molecule has 0 aliphatic carbocycles. The van der Waals surface area contributed by atoms with Gasteiger partial charge in [0.25, 0.3) is 0 Å². The van der Waals surface area contributed by atoms with Crippen LogP contribution in [0.4, 0.5) is 24.8 Å². The molecule has 7 heteroatoms. The van der Waals surface area contributed by atoms with Gasteiger partial charge in [0, 0.05) is 32.1 Å². The number of hydrogen-bond acceptors (Lipinski definition) is 4. The molecule has 0 aliphatic rings. The average Bonchev–Trinajstić information content (AvgIpc) is 2.35. The van der Waals surface area contributed by atoms with E-state index in [0.717, 1.165) is 5.56 Å². The zero-order valence-corrected chi connectivity index (χ0v) is 12.5. The summed E-state index contributed by atoms with van der Waals surface area (Å²) < 4.78 is 36.9. The van der Waals surface area contributed by atoms with E-state index in [0.29, 0.717) is 17.5 Å². The Labute approximate surface area is 117 Å².